The molecule has 116 valence electrons. The van der Waals surface area contributed by atoms with Crippen LogP contribution in [-0.4, -0.2) is 35.5 Å². The predicted molar refractivity (Wildman–Crippen MR) is 84.5 cm³/mol. The summed E-state index contributed by atoms with van der Waals surface area (Å²) in [4.78, 5) is 20.6. The Bertz CT molecular complexity index is 499. The quantitative estimate of drug-likeness (QED) is 0.636. The fraction of sp³-hybridized carbons (Fsp3) is 0.667. The number of nitrogens with zero attached hydrogens (tertiary/aromatic N) is 2. The van der Waals surface area contributed by atoms with Crippen molar-refractivity contribution in [3.8, 4) is 0 Å². The molecule has 0 radical (unpaired) electrons. The lowest BCUT2D eigenvalue weighted by atomic mass is 10.3. The molecule has 3 N–H and O–H groups in total. The van der Waals surface area contributed by atoms with Gasteiger partial charge in [-0.2, -0.15) is 0 Å². The highest BCUT2D eigenvalue weighted by Crippen LogP contribution is 2.28. The SMILES string of the molecule is CCNc1nc(CC)nc(NCCNC(=O)C2CC2)c1C. The van der Waals surface area contributed by atoms with E-state index in [9.17, 15) is 4.79 Å². The molecule has 0 unspecified atom stereocenters. The predicted octanol–water partition coefficient (Wildman–Crippen LogP) is 1.72. The molecule has 1 aromatic heterocycles. The normalized spacial score (nSPS) is 13.9. The number of aryl methyl sites for hydroxylation is 1. The van der Waals surface area contributed by atoms with Gasteiger partial charge in [-0.25, -0.2) is 9.97 Å². The molecule has 0 bridgehead atoms. The van der Waals surface area contributed by atoms with E-state index in [-0.39, 0.29) is 11.8 Å². The monoisotopic (exact) mass is 291 g/mol. The fourth-order valence-electron chi connectivity index (χ4n) is 2.09. The van der Waals surface area contributed by atoms with Crippen LogP contribution in [0.3, 0.4) is 0 Å². The van der Waals surface area contributed by atoms with Gasteiger partial charge in [0.15, 0.2) is 0 Å². The Kier molecular flexibility index (Phi) is 5.36. The van der Waals surface area contributed by atoms with Crippen LogP contribution in [0.1, 0.15) is 38.1 Å². The van der Waals surface area contributed by atoms with Crippen molar-refractivity contribution >= 4 is 17.5 Å². The van der Waals surface area contributed by atoms with Crippen molar-refractivity contribution in [1.82, 2.24) is 15.3 Å². The van der Waals surface area contributed by atoms with E-state index in [0.29, 0.717) is 13.1 Å². The van der Waals surface area contributed by atoms with Gasteiger partial charge in [0, 0.05) is 37.5 Å². The van der Waals surface area contributed by atoms with Gasteiger partial charge in [-0.15, -0.1) is 0 Å². The average molecular weight is 291 g/mol. The van der Waals surface area contributed by atoms with Gasteiger partial charge in [0.05, 0.1) is 0 Å². The van der Waals surface area contributed by atoms with Crippen molar-refractivity contribution in [3.63, 3.8) is 0 Å². The summed E-state index contributed by atoms with van der Waals surface area (Å²) < 4.78 is 0. The number of rotatable bonds is 8. The number of amides is 1. The molecule has 1 aliphatic rings. The van der Waals surface area contributed by atoms with Crippen molar-refractivity contribution < 1.29 is 4.79 Å². The Morgan fingerprint density at radius 1 is 1.14 bits per heavy atom. The van der Waals surface area contributed by atoms with Gasteiger partial charge < -0.3 is 16.0 Å². The molecular formula is C15H25N5O. The van der Waals surface area contributed by atoms with E-state index < -0.39 is 0 Å². The van der Waals surface area contributed by atoms with Crippen molar-refractivity contribution in [2.24, 2.45) is 5.92 Å². The maximum atomic E-state index is 11.5. The molecule has 21 heavy (non-hydrogen) atoms. The molecule has 6 nitrogen and oxygen atoms in total. The molecule has 0 atom stereocenters. The minimum atomic E-state index is 0.179. The standard InChI is InChI=1S/C15H25N5O/c1-4-12-19-13(16-5-2)10(3)14(20-12)17-8-9-18-15(21)11-6-7-11/h11H,4-9H2,1-3H3,(H,18,21)(H2,16,17,19,20). The molecule has 0 spiro atoms. The number of carbonyl (C=O) groups is 1. The minimum Gasteiger partial charge on any atom is -0.370 e. The van der Waals surface area contributed by atoms with E-state index in [1.807, 2.05) is 20.8 Å². The molecule has 1 saturated carbocycles. The van der Waals surface area contributed by atoms with Crippen LogP contribution in [-0.2, 0) is 11.2 Å². The van der Waals surface area contributed by atoms with Crippen LogP contribution in [0.5, 0.6) is 0 Å². The zero-order valence-electron chi connectivity index (χ0n) is 13.1. The third kappa shape index (κ3) is 4.31. The Morgan fingerprint density at radius 2 is 1.81 bits per heavy atom. The van der Waals surface area contributed by atoms with Gasteiger partial charge in [-0.05, 0) is 26.7 Å². The van der Waals surface area contributed by atoms with E-state index >= 15 is 0 Å². The van der Waals surface area contributed by atoms with Crippen LogP contribution >= 0.6 is 0 Å². The number of anilines is 2. The van der Waals surface area contributed by atoms with E-state index in [4.69, 9.17) is 0 Å². The van der Waals surface area contributed by atoms with E-state index in [2.05, 4.69) is 25.9 Å². The lowest BCUT2D eigenvalue weighted by molar-refractivity contribution is -0.122. The molecule has 1 fully saturated rings. The van der Waals surface area contributed by atoms with Crippen LogP contribution in [0.4, 0.5) is 11.6 Å². The number of hydrogen-bond acceptors (Lipinski definition) is 5. The molecule has 6 heteroatoms. The van der Waals surface area contributed by atoms with Gasteiger partial charge >= 0.3 is 0 Å². The summed E-state index contributed by atoms with van der Waals surface area (Å²) in [5, 5.41) is 9.50. The van der Waals surface area contributed by atoms with Crippen molar-refractivity contribution in [1.29, 1.82) is 0 Å². The first-order chi connectivity index (χ1) is 10.2. The first kappa shape index (κ1) is 15.5. The van der Waals surface area contributed by atoms with Gasteiger partial charge in [-0.3, -0.25) is 4.79 Å². The second-order valence-corrected chi connectivity index (χ2v) is 5.34. The van der Waals surface area contributed by atoms with E-state index in [1.54, 1.807) is 0 Å². The van der Waals surface area contributed by atoms with Crippen LogP contribution in [0.15, 0.2) is 0 Å². The molecule has 2 rings (SSSR count). The molecule has 1 amide bonds. The van der Waals surface area contributed by atoms with E-state index in [1.165, 1.54) is 0 Å². The van der Waals surface area contributed by atoms with Gasteiger partial charge in [0.1, 0.15) is 17.5 Å². The maximum absolute atomic E-state index is 11.5. The fourth-order valence-corrected chi connectivity index (χ4v) is 2.09. The number of hydrogen-bond donors (Lipinski definition) is 3. The third-order valence-electron chi connectivity index (χ3n) is 3.52. The van der Waals surface area contributed by atoms with Crippen LogP contribution in [0.25, 0.3) is 0 Å². The van der Waals surface area contributed by atoms with Gasteiger partial charge in [-0.1, -0.05) is 6.92 Å². The first-order valence-corrected chi connectivity index (χ1v) is 7.78. The Labute approximate surface area is 126 Å². The summed E-state index contributed by atoms with van der Waals surface area (Å²) >= 11 is 0. The summed E-state index contributed by atoms with van der Waals surface area (Å²) in [7, 11) is 0. The van der Waals surface area contributed by atoms with E-state index in [0.717, 1.165) is 48.8 Å². The molecule has 1 aromatic rings. The summed E-state index contributed by atoms with van der Waals surface area (Å²) in [6, 6.07) is 0. The second kappa shape index (κ2) is 7.24. The molecule has 0 aromatic carbocycles. The topological polar surface area (TPSA) is 78.9 Å². The van der Waals surface area contributed by atoms with Crippen molar-refractivity contribution in [2.45, 2.75) is 40.0 Å². The lowest BCUT2D eigenvalue weighted by Crippen LogP contribution is -2.30. The Morgan fingerprint density at radius 3 is 2.38 bits per heavy atom. The third-order valence-corrected chi connectivity index (χ3v) is 3.52. The Balaban J connectivity index is 1.91. The first-order valence-electron chi connectivity index (χ1n) is 7.78. The largest absolute Gasteiger partial charge is 0.370 e. The minimum absolute atomic E-state index is 0.179. The zero-order valence-corrected chi connectivity index (χ0v) is 13.1. The highest BCUT2D eigenvalue weighted by Gasteiger charge is 2.28. The zero-order chi connectivity index (χ0) is 15.2. The van der Waals surface area contributed by atoms with Crippen molar-refractivity contribution in [2.75, 3.05) is 30.3 Å². The lowest BCUT2D eigenvalue weighted by Gasteiger charge is -2.14. The van der Waals surface area contributed by atoms with Gasteiger partial charge in [0.2, 0.25) is 5.91 Å². The molecule has 0 saturated heterocycles. The second-order valence-electron chi connectivity index (χ2n) is 5.34. The molecule has 0 aliphatic heterocycles. The number of carbonyl (C=O) groups excluding carboxylic acids is 1. The van der Waals surface area contributed by atoms with Crippen LogP contribution in [0, 0.1) is 12.8 Å². The van der Waals surface area contributed by atoms with Crippen molar-refractivity contribution in [3.05, 3.63) is 11.4 Å². The number of aromatic nitrogens is 2. The highest BCUT2D eigenvalue weighted by atomic mass is 16.2. The summed E-state index contributed by atoms with van der Waals surface area (Å²) in [5.74, 6) is 2.99. The van der Waals surface area contributed by atoms with Crippen LogP contribution < -0.4 is 16.0 Å². The Hall–Kier alpha value is -1.85. The smallest absolute Gasteiger partial charge is 0.223 e. The van der Waals surface area contributed by atoms with Crippen LogP contribution in [0.2, 0.25) is 0 Å². The molecule has 1 heterocycles. The average Bonchev–Trinajstić information content (AvgIpc) is 3.31. The molecular weight excluding hydrogens is 266 g/mol. The molecule has 1 aliphatic carbocycles. The summed E-state index contributed by atoms with van der Waals surface area (Å²) in [5.41, 5.74) is 1.02. The summed E-state index contributed by atoms with van der Waals surface area (Å²) in [6.07, 6.45) is 2.87. The number of nitrogens with one attached hydrogen (secondary N) is 3. The highest BCUT2D eigenvalue weighted by molar-refractivity contribution is 5.80. The summed E-state index contributed by atoms with van der Waals surface area (Å²) in [6.45, 7) is 8.22. The maximum Gasteiger partial charge on any atom is 0.223 e. The van der Waals surface area contributed by atoms with Gasteiger partial charge in [0.25, 0.3) is 0 Å².